The first-order valence-corrected chi connectivity index (χ1v) is 12.6. The molecule has 2 heterocycles. The summed E-state index contributed by atoms with van der Waals surface area (Å²) in [6.07, 6.45) is 0. The van der Waals surface area contributed by atoms with Crippen LogP contribution in [0.1, 0.15) is 48.0 Å². The quantitative estimate of drug-likeness (QED) is 0.302. The number of nitrogens with zero attached hydrogens (tertiary/aromatic N) is 2. The lowest BCUT2D eigenvalue weighted by Gasteiger charge is -2.23. The number of aromatic nitrogens is 1. The fourth-order valence-electron chi connectivity index (χ4n) is 4.58. The van der Waals surface area contributed by atoms with Crippen molar-refractivity contribution in [1.82, 2.24) is 4.57 Å². The van der Waals surface area contributed by atoms with Gasteiger partial charge in [0.15, 0.2) is 0 Å². The molecule has 1 aliphatic heterocycles. The van der Waals surface area contributed by atoms with Gasteiger partial charge >= 0.3 is 5.97 Å². The average Bonchev–Trinajstić information content (AvgIpc) is 3.21. The number of hydrogen-bond donors (Lipinski definition) is 1. The van der Waals surface area contributed by atoms with E-state index in [2.05, 4.69) is 5.32 Å². The van der Waals surface area contributed by atoms with Crippen LogP contribution in [0.5, 0.6) is 0 Å². The van der Waals surface area contributed by atoms with Gasteiger partial charge in [0.1, 0.15) is 5.69 Å². The highest BCUT2D eigenvalue weighted by Crippen LogP contribution is 2.31. The highest BCUT2D eigenvalue weighted by atomic mass is 35.5. The molecule has 4 aromatic rings. The van der Waals surface area contributed by atoms with Crippen molar-refractivity contribution >= 4 is 52.4 Å². The van der Waals surface area contributed by atoms with Crippen molar-refractivity contribution in [2.45, 2.75) is 20.0 Å². The predicted octanol–water partition coefficient (Wildman–Crippen LogP) is 6.35. The summed E-state index contributed by atoms with van der Waals surface area (Å²) in [6, 6.07) is 21.0. The fourth-order valence-corrected chi connectivity index (χ4v) is 5.07. The van der Waals surface area contributed by atoms with E-state index in [-0.39, 0.29) is 23.4 Å². The first-order chi connectivity index (χ1) is 18.3. The molecule has 3 aromatic carbocycles. The molecule has 0 saturated heterocycles. The summed E-state index contributed by atoms with van der Waals surface area (Å²) in [5, 5.41) is 3.54. The highest BCUT2D eigenvalue weighted by molar-refractivity contribution is 6.37. The number of carbonyl (C=O) groups is 3. The van der Waals surface area contributed by atoms with Crippen LogP contribution in [0.25, 0.3) is 0 Å². The van der Waals surface area contributed by atoms with Gasteiger partial charge in [-0.25, -0.2) is 4.79 Å². The number of esters is 1. The summed E-state index contributed by atoms with van der Waals surface area (Å²) in [5.41, 5.74) is 4.96. The Morgan fingerprint density at radius 3 is 2.45 bits per heavy atom. The lowest BCUT2D eigenvalue weighted by molar-refractivity contribution is 0.0588. The number of halogens is 2. The maximum absolute atomic E-state index is 13.8. The van der Waals surface area contributed by atoms with E-state index < -0.39 is 5.97 Å². The van der Waals surface area contributed by atoms with Crippen molar-refractivity contribution in [3.8, 4) is 0 Å². The monoisotopic (exact) mass is 547 g/mol. The Balaban J connectivity index is 1.44. The minimum atomic E-state index is -0.429. The van der Waals surface area contributed by atoms with Gasteiger partial charge in [0, 0.05) is 27.7 Å². The number of amides is 2. The van der Waals surface area contributed by atoms with E-state index in [9.17, 15) is 14.4 Å². The van der Waals surface area contributed by atoms with Crippen LogP contribution in [0.15, 0.2) is 72.8 Å². The van der Waals surface area contributed by atoms with E-state index in [1.54, 1.807) is 41.3 Å². The maximum atomic E-state index is 13.8. The van der Waals surface area contributed by atoms with E-state index in [4.69, 9.17) is 27.9 Å². The van der Waals surface area contributed by atoms with Crippen LogP contribution in [0.2, 0.25) is 10.0 Å². The summed E-state index contributed by atoms with van der Waals surface area (Å²) in [4.78, 5) is 40.6. The Morgan fingerprint density at radius 2 is 1.71 bits per heavy atom. The number of hydrogen-bond acceptors (Lipinski definition) is 4. The first kappa shape index (κ1) is 25.6. The van der Waals surface area contributed by atoms with Crippen molar-refractivity contribution in [3.63, 3.8) is 0 Å². The lowest BCUT2D eigenvalue weighted by atomic mass is 10.1. The average molecular weight is 548 g/mol. The number of anilines is 2. The minimum Gasteiger partial charge on any atom is -0.464 e. The maximum Gasteiger partial charge on any atom is 0.354 e. The molecule has 0 saturated carbocycles. The standard InChI is InChI=1S/C29H23Cl2N3O4/c1-17-13-18(7-11-24(17)32-27(35)22-10-8-20(30)14-23(22)31)28(36)34-16-21-9-12-26(29(37)38-2)33(21)15-19-5-3-4-6-25(19)34/h3-14H,15-16H2,1-2H3,(H,32,35). The molecular formula is C29H23Cl2N3O4. The van der Waals surface area contributed by atoms with Crippen LogP contribution in [0, 0.1) is 6.92 Å². The number of nitrogens with one attached hydrogen (secondary N) is 1. The Hall–Kier alpha value is -4.07. The van der Waals surface area contributed by atoms with Gasteiger partial charge in [-0.3, -0.25) is 9.59 Å². The molecule has 0 fully saturated rings. The number of aryl methyl sites for hydroxylation is 1. The molecule has 0 aliphatic carbocycles. The zero-order valence-corrected chi connectivity index (χ0v) is 22.1. The Morgan fingerprint density at radius 1 is 0.921 bits per heavy atom. The van der Waals surface area contributed by atoms with Gasteiger partial charge < -0.3 is 19.5 Å². The van der Waals surface area contributed by atoms with Crippen molar-refractivity contribution in [3.05, 3.63) is 116 Å². The van der Waals surface area contributed by atoms with E-state index >= 15 is 0 Å². The van der Waals surface area contributed by atoms with Crippen LogP contribution in [0.4, 0.5) is 11.4 Å². The second-order valence-corrected chi connectivity index (χ2v) is 9.76. The van der Waals surface area contributed by atoms with Crippen LogP contribution < -0.4 is 10.2 Å². The van der Waals surface area contributed by atoms with E-state index in [0.717, 1.165) is 16.9 Å². The molecule has 0 radical (unpaired) electrons. The molecule has 1 aromatic heterocycles. The van der Waals surface area contributed by atoms with E-state index in [1.807, 2.05) is 41.8 Å². The third-order valence-electron chi connectivity index (χ3n) is 6.54. The molecule has 0 atom stereocenters. The van der Waals surface area contributed by atoms with Crippen molar-refractivity contribution in [2.24, 2.45) is 0 Å². The number of ether oxygens (including phenoxy) is 1. The molecule has 38 heavy (non-hydrogen) atoms. The van der Waals surface area contributed by atoms with Gasteiger partial charge in [0.2, 0.25) is 0 Å². The molecular weight excluding hydrogens is 525 g/mol. The fraction of sp³-hybridized carbons (Fsp3) is 0.138. The molecule has 9 heteroatoms. The zero-order chi connectivity index (χ0) is 27.0. The summed E-state index contributed by atoms with van der Waals surface area (Å²) in [5.74, 6) is -1.01. The summed E-state index contributed by atoms with van der Waals surface area (Å²) in [6.45, 7) is 2.53. The van der Waals surface area contributed by atoms with Crippen LogP contribution in [-0.2, 0) is 17.8 Å². The van der Waals surface area contributed by atoms with Gasteiger partial charge in [-0.15, -0.1) is 0 Å². The Bertz CT molecular complexity index is 1590. The Kier molecular flexibility index (Phi) is 6.97. The predicted molar refractivity (Wildman–Crippen MR) is 147 cm³/mol. The summed E-state index contributed by atoms with van der Waals surface area (Å²) >= 11 is 12.1. The van der Waals surface area contributed by atoms with Gasteiger partial charge in [-0.05, 0) is 72.6 Å². The normalized spacial score (nSPS) is 12.3. The third-order valence-corrected chi connectivity index (χ3v) is 7.09. The number of carbonyl (C=O) groups excluding carboxylic acids is 3. The number of benzene rings is 3. The van der Waals surface area contributed by atoms with Gasteiger partial charge in [0.25, 0.3) is 11.8 Å². The number of methoxy groups -OCH3 is 1. The molecule has 0 bridgehead atoms. The van der Waals surface area contributed by atoms with Crippen molar-refractivity contribution < 1.29 is 19.1 Å². The van der Waals surface area contributed by atoms with Crippen LogP contribution in [-0.4, -0.2) is 29.5 Å². The van der Waals surface area contributed by atoms with Crippen molar-refractivity contribution in [1.29, 1.82) is 0 Å². The molecule has 1 aliphatic rings. The molecule has 5 rings (SSSR count). The molecule has 7 nitrogen and oxygen atoms in total. The van der Waals surface area contributed by atoms with E-state index in [0.29, 0.717) is 39.6 Å². The van der Waals surface area contributed by atoms with Crippen LogP contribution >= 0.6 is 23.2 Å². The summed E-state index contributed by atoms with van der Waals surface area (Å²) in [7, 11) is 1.35. The molecule has 1 N–H and O–H groups in total. The highest BCUT2D eigenvalue weighted by Gasteiger charge is 2.28. The molecule has 0 spiro atoms. The molecule has 192 valence electrons. The topological polar surface area (TPSA) is 80.6 Å². The zero-order valence-electron chi connectivity index (χ0n) is 20.6. The second-order valence-electron chi connectivity index (χ2n) is 8.92. The lowest BCUT2D eigenvalue weighted by Crippen LogP contribution is -2.30. The first-order valence-electron chi connectivity index (χ1n) is 11.8. The smallest absolute Gasteiger partial charge is 0.354 e. The number of rotatable bonds is 4. The van der Waals surface area contributed by atoms with Crippen molar-refractivity contribution in [2.75, 3.05) is 17.3 Å². The second kappa shape index (κ2) is 10.4. The van der Waals surface area contributed by atoms with E-state index in [1.165, 1.54) is 13.2 Å². The van der Waals surface area contributed by atoms with Gasteiger partial charge in [-0.1, -0.05) is 41.4 Å². The molecule has 2 amide bonds. The van der Waals surface area contributed by atoms with Gasteiger partial charge in [0.05, 0.1) is 30.8 Å². The summed E-state index contributed by atoms with van der Waals surface area (Å²) < 4.78 is 6.82. The minimum absolute atomic E-state index is 0.201. The third kappa shape index (κ3) is 4.78. The molecule has 0 unspecified atom stereocenters. The number of fused-ring (bicyclic) bond motifs is 2. The van der Waals surface area contributed by atoms with Gasteiger partial charge in [-0.2, -0.15) is 0 Å². The van der Waals surface area contributed by atoms with Crippen LogP contribution in [0.3, 0.4) is 0 Å². The SMILES string of the molecule is COC(=O)c1ccc2n1Cc1ccccc1N(C(=O)c1ccc(NC(=O)c3ccc(Cl)cc3Cl)c(C)c1)C2. The Labute approximate surface area is 229 Å². The number of para-hydroxylation sites is 1. The largest absolute Gasteiger partial charge is 0.464 e.